The molecule has 3 nitrogen and oxygen atoms in total. The van der Waals surface area contributed by atoms with Gasteiger partial charge in [0.15, 0.2) is 0 Å². The van der Waals surface area contributed by atoms with Gasteiger partial charge in [-0.3, -0.25) is 4.79 Å². The molecule has 2 rings (SSSR count). The number of carbonyl (C=O) groups is 1. The summed E-state index contributed by atoms with van der Waals surface area (Å²) in [5, 5.41) is 3.24. The van der Waals surface area contributed by atoms with Gasteiger partial charge in [-0.1, -0.05) is 41.4 Å². The zero-order valence-electron chi connectivity index (χ0n) is 9.58. The molecule has 1 heterocycles. The van der Waals surface area contributed by atoms with Crippen LogP contribution in [0.2, 0.25) is 10.2 Å². The smallest absolute Gasteiger partial charge is 0.257 e. The van der Waals surface area contributed by atoms with E-state index in [-0.39, 0.29) is 16.1 Å². The highest BCUT2D eigenvalue weighted by Crippen LogP contribution is 2.21. The lowest BCUT2D eigenvalue weighted by atomic mass is 10.2. The molecule has 2 aromatic rings. The molecule has 0 aliphatic rings. The number of anilines is 1. The molecule has 92 valence electrons. The zero-order chi connectivity index (χ0) is 13.1. The maximum absolute atomic E-state index is 12.0. The van der Waals surface area contributed by atoms with Gasteiger partial charge in [-0.15, -0.1) is 0 Å². The van der Waals surface area contributed by atoms with Crippen molar-refractivity contribution in [3.8, 4) is 0 Å². The van der Waals surface area contributed by atoms with Gasteiger partial charge in [0.2, 0.25) is 0 Å². The van der Waals surface area contributed by atoms with E-state index in [1.165, 1.54) is 12.3 Å². The second-order valence-corrected chi connectivity index (χ2v) is 4.53. The van der Waals surface area contributed by atoms with Crippen molar-refractivity contribution in [2.24, 2.45) is 0 Å². The van der Waals surface area contributed by atoms with Crippen LogP contribution in [-0.2, 0) is 0 Å². The third kappa shape index (κ3) is 2.81. The first-order valence-corrected chi connectivity index (χ1v) is 6.01. The maximum Gasteiger partial charge on any atom is 0.257 e. The Morgan fingerprint density at radius 3 is 2.67 bits per heavy atom. The number of benzene rings is 1. The van der Waals surface area contributed by atoms with Crippen molar-refractivity contribution >= 4 is 34.8 Å². The van der Waals surface area contributed by atoms with E-state index in [1.807, 2.05) is 31.2 Å². The summed E-state index contributed by atoms with van der Waals surface area (Å²) in [7, 11) is 0. The Hall–Kier alpha value is -1.58. The van der Waals surface area contributed by atoms with E-state index in [4.69, 9.17) is 23.2 Å². The topological polar surface area (TPSA) is 42.0 Å². The van der Waals surface area contributed by atoms with Gasteiger partial charge in [0.25, 0.3) is 5.91 Å². The molecule has 18 heavy (non-hydrogen) atoms. The van der Waals surface area contributed by atoms with Gasteiger partial charge in [0, 0.05) is 11.9 Å². The zero-order valence-corrected chi connectivity index (χ0v) is 11.1. The second kappa shape index (κ2) is 5.38. The van der Waals surface area contributed by atoms with Crippen molar-refractivity contribution in [3.63, 3.8) is 0 Å². The summed E-state index contributed by atoms with van der Waals surface area (Å²) in [5.74, 6) is -0.268. The number of pyridine rings is 1. The third-order valence-corrected chi connectivity index (χ3v) is 3.14. The number of para-hydroxylation sites is 1. The molecule has 5 heteroatoms. The van der Waals surface area contributed by atoms with E-state index < -0.39 is 0 Å². The van der Waals surface area contributed by atoms with Gasteiger partial charge < -0.3 is 5.32 Å². The van der Waals surface area contributed by atoms with Gasteiger partial charge in [0.1, 0.15) is 5.15 Å². The van der Waals surface area contributed by atoms with Crippen LogP contribution in [0.3, 0.4) is 0 Å². The van der Waals surface area contributed by atoms with E-state index in [0.717, 1.165) is 11.3 Å². The van der Waals surface area contributed by atoms with E-state index in [2.05, 4.69) is 10.3 Å². The molecule has 0 aliphatic heterocycles. The van der Waals surface area contributed by atoms with Crippen LogP contribution < -0.4 is 5.32 Å². The number of rotatable bonds is 2. The van der Waals surface area contributed by atoms with Crippen LogP contribution >= 0.6 is 23.2 Å². The molecule has 1 aromatic heterocycles. The van der Waals surface area contributed by atoms with Crippen LogP contribution in [0.5, 0.6) is 0 Å². The van der Waals surface area contributed by atoms with Gasteiger partial charge in [0.05, 0.1) is 10.6 Å². The summed E-state index contributed by atoms with van der Waals surface area (Å²) in [4.78, 5) is 15.8. The number of nitrogens with zero attached hydrogens (tertiary/aromatic N) is 1. The van der Waals surface area contributed by atoms with Gasteiger partial charge >= 0.3 is 0 Å². The van der Waals surface area contributed by atoms with Crippen LogP contribution in [0, 0.1) is 6.92 Å². The van der Waals surface area contributed by atoms with Crippen molar-refractivity contribution in [2.45, 2.75) is 6.92 Å². The lowest BCUT2D eigenvalue weighted by molar-refractivity contribution is 0.102. The molecule has 0 unspecified atom stereocenters. The van der Waals surface area contributed by atoms with Crippen LogP contribution in [0.15, 0.2) is 36.5 Å². The van der Waals surface area contributed by atoms with E-state index >= 15 is 0 Å². The summed E-state index contributed by atoms with van der Waals surface area (Å²) in [5.41, 5.74) is 2.11. The number of carbonyl (C=O) groups excluding carboxylic acids is 1. The molecule has 0 radical (unpaired) electrons. The molecule has 0 saturated heterocycles. The molecule has 0 spiro atoms. The number of hydrogen-bond acceptors (Lipinski definition) is 2. The highest BCUT2D eigenvalue weighted by Gasteiger charge is 2.10. The minimum absolute atomic E-state index is 0.184. The summed E-state index contributed by atoms with van der Waals surface area (Å²) in [6.45, 7) is 1.92. The molecule has 0 saturated carbocycles. The number of halogens is 2. The normalized spacial score (nSPS) is 10.2. The molecular weight excluding hydrogens is 271 g/mol. The molecule has 1 amide bonds. The first kappa shape index (κ1) is 12.9. The molecule has 0 fully saturated rings. The fourth-order valence-electron chi connectivity index (χ4n) is 1.45. The Morgan fingerprint density at radius 2 is 2.00 bits per heavy atom. The maximum atomic E-state index is 12.0. The fourth-order valence-corrected chi connectivity index (χ4v) is 1.72. The Bertz CT molecular complexity index is 599. The number of nitrogens with one attached hydrogen (secondary N) is 1. The monoisotopic (exact) mass is 280 g/mol. The van der Waals surface area contributed by atoms with Gasteiger partial charge in [-0.2, -0.15) is 0 Å². The van der Waals surface area contributed by atoms with E-state index in [1.54, 1.807) is 0 Å². The molecule has 0 aliphatic carbocycles. The molecule has 1 N–H and O–H groups in total. The number of aryl methyl sites for hydroxylation is 1. The standard InChI is InChI=1S/C13H10Cl2N2O/c1-8-4-2-3-5-11(8)17-13(18)9-6-10(14)12(15)16-7-9/h2-7H,1H3,(H,17,18). The second-order valence-electron chi connectivity index (χ2n) is 3.77. The SMILES string of the molecule is Cc1ccccc1NC(=O)c1cnc(Cl)c(Cl)c1. The molecule has 0 bridgehead atoms. The highest BCUT2D eigenvalue weighted by atomic mass is 35.5. The van der Waals surface area contributed by atoms with Gasteiger partial charge in [-0.25, -0.2) is 4.98 Å². The summed E-state index contributed by atoms with van der Waals surface area (Å²) >= 11 is 11.5. The third-order valence-electron chi connectivity index (χ3n) is 2.45. The lowest BCUT2D eigenvalue weighted by Crippen LogP contribution is -2.13. The summed E-state index contributed by atoms with van der Waals surface area (Å²) in [6, 6.07) is 9.01. The van der Waals surface area contributed by atoms with Crippen molar-refractivity contribution in [1.82, 2.24) is 4.98 Å². The average Bonchev–Trinajstić information content (AvgIpc) is 2.35. The van der Waals surface area contributed by atoms with Crippen LogP contribution in [0.25, 0.3) is 0 Å². The number of aromatic nitrogens is 1. The largest absolute Gasteiger partial charge is 0.322 e. The molecule has 0 atom stereocenters. The van der Waals surface area contributed by atoms with E-state index in [0.29, 0.717) is 5.56 Å². The first-order valence-electron chi connectivity index (χ1n) is 5.26. The Kier molecular flexibility index (Phi) is 3.84. The summed E-state index contributed by atoms with van der Waals surface area (Å²) in [6.07, 6.45) is 1.39. The predicted molar refractivity (Wildman–Crippen MR) is 73.4 cm³/mol. The number of hydrogen-bond donors (Lipinski definition) is 1. The number of amides is 1. The Balaban J connectivity index is 2.22. The van der Waals surface area contributed by atoms with E-state index in [9.17, 15) is 4.79 Å². The minimum Gasteiger partial charge on any atom is -0.322 e. The van der Waals surface area contributed by atoms with Crippen LogP contribution in [0.4, 0.5) is 5.69 Å². The molecule has 1 aromatic carbocycles. The molecular formula is C13H10Cl2N2O. The van der Waals surface area contributed by atoms with Crippen molar-refractivity contribution < 1.29 is 4.79 Å². The highest BCUT2D eigenvalue weighted by molar-refractivity contribution is 6.41. The van der Waals surface area contributed by atoms with Crippen LogP contribution in [-0.4, -0.2) is 10.9 Å². The van der Waals surface area contributed by atoms with Crippen LogP contribution in [0.1, 0.15) is 15.9 Å². The van der Waals surface area contributed by atoms with Crippen molar-refractivity contribution in [1.29, 1.82) is 0 Å². The summed E-state index contributed by atoms with van der Waals surface area (Å²) < 4.78 is 0. The first-order chi connectivity index (χ1) is 8.58. The fraction of sp³-hybridized carbons (Fsp3) is 0.0769. The lowest BCUT2D eigenvalue weighted by Gasteiger charge is -2.08. The van der Waals surface area contributed by atoms with Crippen molar-refractivity contribution in [3.05, 3.63) is 57.8 Å². The minimum atomic E-state index is -0.268. The average molecular weight is 281 g/mol. The Morgan fingerprint density at radius 1 is 1.28 bits per heavy atom. The predicted octanol–water partition coefficient (Wildman–Crippen LogP) is 3.95. The van der Waals surface area contributed by atoms with Gasteiger partial charge in [-0.05, 0) is 24.6 Å². The Labute approximate surface area is 115 Å². The van der Waals surface area contributed by atoms with Crippen molar-refractivity contribution in [2.75, 3.05) is 5.32 Å². The quantitative estimate of drug-likeness (QED) is 0.847.